The summed E-state index contributed by atoms with van der Waals surface area (Å²) in [6.45, 7) is 3.54. The molecule has 3 rings (SSSR count). The Morgan fingerprint density at radius 3 is 2.34 bits per heavy atom. The maximum Gasteiger partial charge on any atom is 0.241 e. The van der Waals surface area contributed by atoms with E-state index in [1.165, 1.54) is 12.1 Å². The number of nitrogens with one attached hydrogen (secondary N) is 3. The smallest absolute Gasteiger partial charge is 0.241 e. The van der Waals surface area contributed by atoms with Gasteiger partial charge in [0.1, 0.15) is 0 Å². The minimum atomic E-state index is -3.78. The zero-order chi connectivity index (χ0) is 23.1. The number of fused-ring (bicyclic) bond motifs is 1. The van der Waals surface area contributed by atoms with Crippen molar-refractivity contribution < 1.29 is 18.0 Å². The van der Waals surface area contributed by atoms with E-state index in [2.05, 4.69) is 15.4 Å². The van der Waals surface area contributed by atoms with Crippen molar-refractivity contribution in [3.05, 3.63) is 77.9 Å². The number of aryl methyl sites for hydroxylation is 1. The predicted octanol–water partition coefficient (Wildman–Crippen LogP) is 2.64. The van der Waals surface area contributed by atoms with Crippen LogP contribution in [-0.4, -0.2) is 32.8 Å². The normalized spacial score (nSPS) is 12.3. The van der Waals surface area contributed by atoms with E-state index in [0.717, 1.165) is 21.9 Å². The van der Waals surface area contributed by atoms with Crippen LogP contribution in [0.15, 0.2) is 71.6 Å². The molecule has 0 unspecified atom stereocenters. The summed E-state index contributed by atoms with van der Waals surface area (Å²) in [6, 6.07) is 19.8. The molecule has 0 saturated carbocycles. The highest BCUT2D eigenvalue weighted by Gasteiger charge is 2.17. The highest BCUT2D eigenvalue weighted by Crippen LogP contribution is 2.18. The van der Waals surface area contributed by atoms with Crippen LogP contribution < -0.4 is 15.4 Å². The Bertz CT molecular complexity index is 1200. The topological polar surface area (TPSA) is 104 Å². The Morgan fingerprint density at radius 1 is 0.906 bits per heavy atom. The Morgan fingerprint density at radius 2 is 1.59 bits per heavy atom. The van der Waals surface area contributed by atoms with Gasteiger partial charge in [-0.2, -0.15) is 0 Å². The van der Waals surface area contributed by atoms with Gasteiger partial charge in [-0.3, -0.25) is 9.59 Å². The van der Waals surface area contributed by atoms with E-state index < -0.39 is 28.5 Å². The van der Waals surface area contributed by atoms with Crippen molar-refractivity contribution in [2.24, 2.45) is 0 Å². The first-order valence-corrected chi connectivity index (χ1v) is 11.8. The summed E-state index contributed by atoms with van der Waals surface area (Å²) in [5.74, 6) is -0.707. The SMILES string of the molecule is Cc1ccc(S(=O)(=O)NCC(=O)N[C@@H](C)CC(=O)NCc2cccc3ccccc23)cc1. The minimum absolute atomic E-state index is 0.0845. The summed E-state index contributed by atoms with van der Waals surface area (Å²) in [7, 11) is -3.78. The van der Waals surface area contributed by atoms with Gasteiger partial charge in [-0.15, -0.1) is 0 Å². The summed E-state index contributed by atoms with van der Waals surface area (Å²) in [5.41, 5.74) is 1.95. The first kappa shape index (κ1) is 23.4. The van der Waals surface area contributed by atoms with Gasteiger partial charge in [0.2, 0.25) is 21.8 Å². The van der Waals surface area contributed by atoms with Crippen LogP contribution in [0.2, 0.25) is 0 Å². The maximum absolute atomic E-state index is 12.3. The number of carbonyl (C=O) groups is 2. The molecule has 8 heteroatoms. The largest absolute Gasteiger partial charge is 0.352 e. The Labute approximate surface area is 188 Å². The molecule has 3 N–H and O–H groups in total. The molecule has 7 nitrogen and oxygen atoms in total. The van der Waals surface area contributed by atoms with Crippen molar-refractivity contribution in [1.82, 2.24) is 15.4 Å². The van der Waals surface area contributed by atoms with Gasteiger partial charge in [-0.25, -0.2) is 13.1 Å². The molecular weight excluding hydrogens is 426 g/mol. The molecule has 0 fully saturated rings. The van der Waals surface area contributed by atoms with Crippen LogP contribution in [-0.2, 0) is 26.2 Å². The van der Waals surface area contributed by atoms with Gasteiger partial charge in [-0.05, 0) is 42.3 Å². The Kier molecular flexibility index (Phi) is 7.61. The molecule has 0 aliphatic heterocycles. The third kappa shape index (κ3) is 6.38. The Hall–Kier alpha value is -3.23. The van der Waals surface area contributed by atoms with Gasteiger partial charge in [0.05, 0.1) is 11.4 Å². The number of hydrogen-bond acceptors (Lipinski definition) is 4. The fourth-order valence-corrected chi connectivity index (χ4v) is 4.31. The molecule has 0 aromatic heterocycles. The lowest BCUT2D eigenvalue weighted by Crippen LogP contribution is -2.42. The van der Waals surface area contributed by atoms with Gasteiger partial charge in [0.15, 0.2) is 0 Å². The second-order valence-corrected chi connectivity index (χ2v) is 9.49. The second kappa shape index (κ2) is 10.4. The molecule has 0 bridgehead atoms. The highest BCUT2D eigenvalue weighted by atomic mass is 32.2. The van der Waals surface area contributed by atoms with E-state index in [0.29, 0.717) is 6.54 Å². The molecule has 0 aliphatic rings. The molecule has 0 saturated heterocycles. The lowest BCUT2D eigenvalue weighted by Gasteiger charge is -2.15. The third-order valence-corrected chi connectivity index (χ3v) is 6.43. The van der Waals surface area contributed by atoms with E-state index in [9.17, 15) is 18.0 Å². The lowest BCUT2D eigenvalue weighted by atomic mass is 10.0. The molecule has 0 aliphatic carbocycles. The highest BCUT2D eigenvalue weighted by molar-refractivity contribution is 7.89. The lowest BCUT2D eigenvalue weighted by molar-refractivity contribution is -0.123. The second-order valence-electron chi connectivity index (χ2n) is 7.73. The van der Waals surface area contributed by atoms with Crippen LogP contribution in [0.4, 0.5) is 0 Å². The monoisotopic (exact) mass is 453 g/mol. The van der Waals surface area contributed by atoms with Gasteiger partial charge < -0.3 is 10.6 Å². The van der Waals surface area contributed by atoms with Gasteiger partial charge in [0.25, 0.3) is 0 Å². The van der Waals surface area contributed by atoms with Crippen molar-refractivity contribution in [3.63, 3.8) is 0 Å². The number of sulfonamides is 1. The quantitative estimate of drug-likeness (QED) is 0.463. The van der Waals surface area contributed by atoms with E-state index in [1.807, 2.05) is 49.4 Å². The van der Waals surface area contributed by atoms with Crippen LogP contribution in [0.5, 0.6) is 0 Å². The van der Waals surface area contributed by atoms with Crippen LogP contribution in [0, 0.1) is 6.92 Å². The number of amides is 2. The average molecular weight is 454 g/mol. The van der Waals surface area contributed by atoms with Crippen molar-refractivity contribution in [2.45, 2.75) is 37.8 Å². The van der Waals surface area contributed by atoms with E-state index in [4.69, 9.17) is 0 Å². The van der Waals surface area contributed by atoms with E-state index >= 15 is 0 Å². The van der Waals surface area contributed by atoms with Gasteiger partial charge in [-0.1, -0.05) is 60.2 Å². The summed E-state index contributed by atoms with van der Waals surface area (Å²) in [6.07, 6.45) is 0.0845. The summed E-state index contributed by atoms with van der Waals surface area (Å²) < 4.78 is 26.8. The van der Waals surface area contributed by atoms with Crippen molar-refractivity contribution >= 4 is 32.6 Å². The molecule has 0 heterocycles. The fourth-order valence-electron chi connectivity index (χ4n) is 3.33. The van der Waals surface area contributed by atoms with Gasteiger partial charge >= 0.3 is 0 Å². The standard InChI is InChI=1S/C24H27N3O4S/c1-17-10-12-21(13-11-17)32(30,31)26-16-24(29)27-18(2)14-23(28)25-15-20-8-5-7-19-6-3-4-9-22(19)20/h3-13,18,26H,14-16H2,1-2H3,(H,25,28)(H,27,29)/t18-/m0/s1. The molecule has 3 aromatic rings. The van der Waals surface area contributed by atoms with Crippen LogP contribution >= 0.6 is 0 Å². The average Bonchev–Trinajstić information content (AvgIpc) is 2.76. The zero-order valence-electron chi connectivity index (χ0n) is 18.1. The van der Waals surface area contributed by atoms with Crippen LogP contribution in [0.3, 0.4) is 0 Å². The van der Waals surface area contributed by atoms with Crippen LogP contribution in [0.25, 0.3) is 10.8 Å². The molecule has 168 valence electrons. The summed E-state index contributed by atoms with van der Waals surface area (Å²) >= 11 is 0. The molecular formula is C24H27N3O4S. The van der Waals surface area contributed by atoms with Gasteiger partial charge in [0, 0.05) is 19.0 Å². The first-order valence-electron chi connectivity index (χ1n) is 10.3. The zero-order valence-corrected chi connectivity index (χ0v) is 18.9. The van der Waals surface area contributed by atoms with E-state index in [-0.39, 0.29) is 17.2 Å². The van der Waals surface area contributed by atoms with Crippen molar-refractivity contribution in [1.29, 1.82) is 0 Å². The molecule has 3 aromatic carbocycles. The Balaban J connectivity index is 1.45. The molecule has 1 atom stereocenters. The maximum atomic E-state index is 12.3. The number of carbonyl (C=O) groups excluding carboxylic acids is 2. The summed E-state index contributed by atoms with van der Waals surface area (Å²) in [4.78, 5) is 24.5. The predicted molar refractivity (Wildman–Crippen MR) is 124 cm³/mol. The molecule has 0 spiro atoms. The van der Waals surface area contributed by atoms with E-state index in [1.54, 1.807) is 19.1 Å². The number of rotatable bonds is 9. The molecule has 0 radical (unpaired) electrons. The minimum Gasteiger partial charge on any atom is -0.352 e. The number of hydrogen-bond donors (Lipinski definition) is 3. The molecule has 2 amide bonds. The van der Waals surface area contributed by atoms with Crippen molar-refractivity contribution in [3.8, 4) is 0 Å². The summed E-state index contributed by atoms with van der Waals surface area (Å²) in [5, 5.41) is 7.71. The first-order chi connectivity index (χ1) is 15.2. The molecule has 32 heavy (non-hydrogen) atoms. The van der Waals surface area contributed by atoms with Crippen LogP contribution in [0.1, 0.15) is 24.5 Å². The third-order valence-electron chi connectivity index (χ3n) is 5.01. The number of benzene rings is 3. The van der Waals surface area contributed by atoms with Crippen molar-refractivity contribution in [2.75, 3.05) is 6.54 Å². The fraction of sp³-hybridized carbons (Fsp3) is 0.250.